The molecule has 2 heterocycles. The Bertz CT molecular complexity index is 1320. The van der Waals surface area contributed by atoms with Crippen LogP contribution in [0.2, 0.25) is 0 Å². The molecule has 154 valence electrons. The summed E-state index contributed by atoms with van der Waals surface area (Å²) in [6.45, 7) is 0. The first kappa shape index (κ1) is 19.3. The van der Waals surface area contributed by atoms with Gasteiger partial charge in [-0.2, -0.15) is 9.78 Å². The molecule has 0 fully saturated rings. The highest BCUT2D eigenvalue weighted by Gasteiger charge is 2.15. The van der Waals surface area contributed by atoms with E-state index in [2.05, 4.69) is 15.1 Å². The Hall–Kier alpha value is -4.01. The maximum Gasteiger partial charge on any atom is 0.298 e. The molecule has 0 bridgehead atoms. The van der Waals surface area contributed by atoms with E-state index in [9.17, 15) is 4.79 Å². The lowest BCUT2D eigenvalue weighted by atomic mass is 10.2. The van der Waals surface area contributed by atoms with Crippen molar-refractivity contribution in [1.29, 1.82) is 0 Å². The lowest BCUT2D eigenvalue weighted by Gasteiger charge is -2.09. The number of rotatable bonds is 6. The van der Waals surface area contributed by atoms with E-state index in [-0.39, 0.29) is 5.56 Å². The van der Waals surface area contributed by atoms with Crippen molar-refractivity contribution in [2.45, 2.75) is 0 Å². The molecule has 0 unspecified atom stereocenters. The molecule has 1 N–H and O–H groups in total. The first-order valence-electron chi connectivity index (χ1n) is 9.01. The molecule has 0 atom stereocenters. The zero-order valence-electron chi connectivity index (χ0n) is 16.9. The first-order chi connectivity index (χ1) is 14.6. The van der Waals surface area contributed by atoms with Crippen molar-refractivity contribution in [3.8, 4) is 23.0 Å². The van der Waals surface area contributed by atoms with E-state index in [1.165, 1.54) is 12.5 Å². The van der Waals surface area contributed by atoms with Gasteiger partial charge in [0.15, 0.2) is 23.0 Å². The number of nitrogens with zero attached hydrogens (tertiary/aromatic N) is 3. The van der Waals surface area contributed by atoms with Crippen LogP contribution in [0.5, 0.6) is 23.0 Å². The molecule has 0 saturated carbocycles. The quantitative estimate of drug-likeness (QED) is 0.493. The van der Waals surface area contributed by atoms with Gasteiger partial charge in [0.1, 0.15) is 17.4 Å². The number of fused-ring (bicyclic) bond motifs is 3. The molecule has 30 heavy (non-hydrogen) atoms. The summed E-state index contributed by atoms with van der Waals surface area (Å²) >= 11 is 0. The van der Waals surface area contributed by atoms with Gasteiger partial charge in [-0.1, -0.05) is 6.07 Å². The summed E-state index contributed by atoms with van der Waals surface area (Å²) in [5.41, 5.74) is 1.89. The van der Waals surface area contributed by atoms with Gasteiger partial charge in [-0.05, 0) is 18.2 Å². The third-order valence-electron chi connectivity index (χ3n) is 4.75. The fourth-order valence-corrected chi connectivity index (χ4v) is 3.30. The molecule has 4 aromatic rings. The largest absolute Gasteiger partial charge is 0.493 e. The van der Waals surface area contributed by atoms with Gasteiger partial charge in [-0.25, -0.2) is 4.98 Å². The molecule has 2 aromatic heterocycles. The van der Waals surface area contributed by atoms with Crippen LogP contribution in [0.3, 0.4) is 0 Å². The highest BCUT2D eigenvalue weighted by atomic mass is 16.5. The summed E-state index contributed by atoms with van der Waals surface area (Å²) in [5.74, 6) is 2.21. The Balaban J connectivity index is 1.82. The Morgan fingerprint density at radius 2 is 1.73 bits per heavy atom. The second kappa shape index (κ2) is 7.78. The number of methoxy groups -OCH3 is 4. The van der Waals surface area contributed by atoms with Gasteiger partial charge >= 0.3 is 0 Å². The second-order valence-corrected chi connectivity index (χ2v) is 6.32. The Labute approximate surface area is 171 Å². The topological polar surface area (TPSA) is 100.0 Å². The van der Waals surface area contributed by atoms with Crippen molar-refractivity contribution < 1.29 is 18.9 Å². The summed E-state index contributed by atoms with van der Waals surface area (Å²) < 4.78 is 22.5. The predicted molar refractivity (Wildman–Crippen MR) is 114 cm³/mol. The van der Waals surface area contributed by atoms with Crippen molar-refractivity contribution in [2.24, 2.45) is 5.10 Å². The summed E-state index contributed by atoms with van der Waals surface area (Å²) in [5, 5.41) is 5.01. The number of aromatic nitrogens is 3. The van der Waals surface area contributed by atoms with E-state index in [1.807, 2.05) is 12.1 Å². The maximum atomic E-state index is 13.0. The summed E-state index contributed by atoms with van der Waals surface area (Å²) in [4.78, 5) is 20.5. The van der Waals surface area contributed by atoms with Crippen LogP contribution in [0.4, 0.5) is 0 Å². The smallest absolute Gasteiger partial charge is 0.298 e. The third kappa shape index (κ3) is 3.10. The van der Waals surface area contributed by atoms with Gasteiger partial charge in [-0.3, -0.25) is 4.79 Å². The van der Waals surface area contributed by atoms with Crippen molar-refractivity contribution in [3.63, 3.8) is 0 Å². The van der Waals surface area contributed by atoms with Crippen molar-refractivity contribution >= 4 is 28.2 Å². The number of para-hydroxylation sites is 1. The van der Waals surface area contributed by atoms with Gasteiger partial charge in [-0.15, -0.1) is 0 Å². The maximum absolute atomic E-state index is 13.0. The lowest BCUT2D eigenvalue weighted by Crippen LogP contribution is -2.17. The highest BCUT2D eigenvalue weighted by molar-refractivity contribution is 6.05. The third-order valence-corrected chi connectivity index (χ3v) is 4.75. The fraction of sp³-hybridized carbons (Fsp3) is 0.190. The zero-order chi connectivity index (χ0) is 21.3. The minimum atomic E-state index is -0.341. The van der Waals surface area contributed by atoms with Crippen molar-refractivity contribution in [2.75, 3.05) is 28.4 Å². The van der Waals surface area contributed by atoms with E-state index in [1.54, 1.807) is 46.6 Å². The van der Waals surface area contributed by atoms with Crippen molar-refractivity contribution in [1.82, 2.24) is 14.6 Å². The standard InChI is InChI=1S/C21H20N4O5/c1-27-15-7-5-6-12(20(15)30-4)10-23-25-11-22-18-13-8-16(28-2)17(29-3)9-14(13)24-19(18)21(25)26/h5-11,24H,1-4H3/b23-10-. The molecule has 2 aromatic carbocycles. The minimum Gasteiger partial charge on any atom is -0.493 e. The molecule has 0 spiro atoms. The van der Waals surface area contributed by atoms with Crippen LogP contribution in [0.25, 0.3) is 21.9 Å². The molecular formula is C21H20N4O5. The predicted octanol–water partition coefficient (Wildman–Crippen LogP) is 2.79. The fourth-order valence-electron chi connectivity index (χ4n) is 3.30. The second-order valence-electron chi connectivity index (χ2n) is 6.32. The zero-order valence-corrected chi connectivity index (χ0v) is 16.9. The number of hydrogen-bond acceptors (Lipinski definition) is 7. The molecule has 0 aliphatic rings. The molecule has 0 radical (unpaired) electrons. The van der Waals surface area contributed by atoms with Gasteiger partial charge in [0, 0.05) is 17.0 Å². The van der Waals surface area contributed by atoms with Crippen LogP contribution < -0.4 is 24.5 Å². The van der Waals surface area contributed by atoms with Crippen LogP contribution in [0.15, 0.2) is 46.6 Å². The number of hydrogen-bond donors (Lipinski definition) is 1. The van der Waals surface area contributed by atoms with Gasteiger partial charge in [0.2, 0.25) is 0 Å². The molecule has 4 rings (SSSR count). The molecule has 0 amide bonds. The summed E-state index contributed by atoms with van der Waals surface area (Å²) in [6.07, 6.45) is 2.89. The highest BCUT2D eigenvalue weighted by Crippen LogP contribution is 2.34. The average Bonchev–Trinajstić information content (AvgIpc) is 3.15. The number of aromatic amines is 1. The summed E-state index contributed by atoms with van der Waals surface area (Å²) in [6, 6.07) is 8.95. The molecule has 0 aliphatic heterocycles. The van der Waals surface area contributed by atoms with E-state index < -0.39 is 0 Å². The van der Waals surface area contributed by atoms with Crippen LogP contribution in [-0.2, 0) is 0 Å². The van der Waals surface area contributed by atoms with E-state index in [0.29, 0.717) is 45.1 Å². The van der Waals surface area contributed by atoms with Gasteiger partial charge in [0.25, 0.3) is 5.56 Å². The van der Waals surface area contributed by atoms with Crippen LogP contribution in [-0.4, -0.2) is 49.3 Å². The number of ether oxygens (including phenoxy) is 4. The average molecular weight is 408 g/mol. The number of benzene rings is 2. The normalized spacial score (nSPS) is 11.3. The van der Waals surface area contributed by atoms with Gasteiger partial charge < -0.3 is 23.9 Å². The molecule has 9 nitrogen and oxygen atoms in total. The Kier molecular flexibility index (Phi) is 5.01. The van der Waals surface area contributed by atoms with Crippen molar-refractivity contribution in [3.05, 3.63) is 52.6 Å². The SMILES string of the molecule is COc1cc2[nH]c3c(=O)n(/N=C\c4cccc(OC)c4OC)cnc3c2cc1OC. The van der Waals surface area contributed by atoms with E-state index in [0.717, 1.165) is 10.1 Å². The Morgan fingerprint density at radius 1 is 1.00 bits per heavy atom. The molecule has 9 heteroatoms. The van der Waals surface area contributed by atoms with E-state index >= 15 is 0 Å². The van der Waals surface area contributed by atoms with Crippen LogP contribution in [0, 0.1) is 0 Å². The Morgan fingerprint density at radius 3 is 2.43 bits per heavy atom. The minimum absolute atomic E-state index is 0.331. The molecule has 0 saturated heterocycles. The number of H-pyrrole nitrogens is 1. The lowest BCUT2D eigenvalue weighted by molar-refractivity contribution is 0.354. The molecular weight excluding hydrogens is 388 g/mol. The first-order valence-corrected chi connectivity index (χ1v) is 9.01. The van der Waals surface area contributed by atoms with E-state index in [4.69, 9.17) is 18.9 Å². The molecule has 0 aliphatic carbocycles. The number of nitrogens with one attached hydrogen (secondary N) is 1. The van der Waals surface area contributed by atoms with Crippen LogP contribution >= 0.6 is 0 Å². The van der Waals surface area contributed by atoms with Gasteiger partial charge in [0.05, 0.1) is 40.2 Å². The summed E-state index contributed by atoms with van der Waals surface area (Å²) in [7, 11) is 6.21. The monoisotopic (exact) mass is 408 g/mol. The van der Waals surface area contributed by atoms with Crippen LogP contribution in [0.1, 0.15) is 5.56 Å².